The largest absolute Gasteiger partial charge is 0.382 e. The maximum atomic E-state index is 5.48. The molecular formula is C14H25NO. The molecule has 0 saturated heterocycles. The maximum absolute atomic E-state index is 5.48. The van der Waals surface area contributed by atoms with Crippen molar-refractivity contribution in [1.29, 1.82) is 0 Å². The summed E-state index contributed by atoms with van der Waals surface area (Å²) in [5.74, 6) is 2.15. The van der Waals surface area contributed by atoms with E-state index in [1.807, 2.05) is 7.11 Å². The van der Waals surface area contributed by atoms with Crippen molar-refractivity contribution in [2.45, 2.75) is 57.6 Å². The highest BCUT2D eigenvalue weighted by atomic mass is 16.5. The predicted molar refractivity (Wildman–Crippen MR) is 65.4 cm³/mol. The van der Waals surface area contributed by atoms with Crippen molar-refractivity contribution in [3.8, 4) is 0 Å². The van der Waals surface area contributed by atoms with Crippen LogP contribution in [0, 0.1) is 17.3 Å². The molecule has 0 aromatic carbocycles. The third kappa shape index (κ3) is 2.28. The molecule has 3 atom stereocenters. The minimum Gasteiger partial charge on any atom is -0.382 e. The maximum Gasteiger partial charge on any atom is 0.0549 e. The van der Waals surface area contributed by atoms with Crippen LogP contribution in [0.15, 0.2) is 0 Å². The van der Waals surface area contributed by atoms with Crippen LogP contribution in [-0.2, 0) is 4.74 Å². The van der Waals surface area contributed by atoms with Gasteiger partial charge in [0, 0.05) is 19.7 Å². The van der Waals surface area contributed by atoms with E-state index in [0.29, 0.717) is 11.5 Å². The van der Waals surface area contributed by atoms with Gasteiger partial charge in [0.1, 0.15) is 0 Å². The average Bonchev–Trinajstić information content (AvgIpc) is 3.17. The highest BCUT2D eigenvalue weighted by Crippen LogP contribution is 2.61. The van der Waals surface area contributed by atoms with Gasteiger partial charge in [-0.05, 0) is 62.7 Å². The van der Waals surface area contributed by atoms with Gasteiger partial charge < -0.3 is 10.1 Å². The van der Waals surface area contributed by atoms with Crippen LogP contribution in [0.4, 0.5) is 0 Å². The van der Waals surface area contributed by atoms with E-state index in [0.717, 1.165) is 17.9 Å². The molecule has 0 aromatic heterocycles. The molecule has 92 valence electrons. The first-order chi connectivity index (χ1) is 7.71. The second-order valence-corrected chi connectivity index (χ2v) is 6.57. The molecule has 3 fully saturated rings. The van der Waals surface area contributed by atoms with Gasteiger partial charge in [-0.15, -0.1) is 0 Å². The monoisotopic (exact) mass is 223 g/mol. The first kappa shape index (κ1) is 11.0. The Morgan fingerprint density at radius 2 is 2.00 bits per heavy atom. The van der Waals surface area contributed by atoms with Gasteiger partial charge in [-0.1, -0.05) is 0 Å². The molecular weight excluding hydrogens is 198 g/mol. The minimum absolute atomic E-state index is 0.429. The van der Waals surface area contributed by atoms with Crippen molar-refractivity contribution in [1.82, 2.24) is 5.32 Å². The summed E-state index contributed by atoms with van der Waals surface area (Å²) in [4.78, 5) is 0. The molecule has 0 bridgehead atoms. The fourth-order valence-corrected chi connectivity index (χ4v) is 3.73. The van der Waals surface area contributed by atoms with E-state index in [1.165, 1.54) is 45.1 Å². The second kappa shape index (κ2) is 3.99. The van der Waals surface area contributed by atoms with Crippen LogP contribution >= 0.6 is 0 Å². The Kier molecular flexibility index (Phi) is 2.75. The number of hydrogen-bond donors (Lipinski definition) is 1. The van der Waals surface area contributed by atoms with Crippen molar-refractivity contribution in [2.75, 3.05) is 13.7 Å². The second-order valence-electron chi connectivity index (χ2n) is 6.57. The summed E-state index contributed by atoms with van der Waals surface area (Å²) >= 11 is 0. The van der Waals surface area contributed by atoms with Crippen molar-refractivity contribution in [3.63, 3.8) is 0 Å². The number of methoxy groups -OCH3 is 1. The van der Waals surface area contributed by atoms with Crippen LogP contribution in [0.3, 0.4) is 0 Å². The molecule has 3 rings (SSSR count). The molecule has 0 amide bonds. The molecule has 3 unspecified atom stereocenters. The number of fused-ring (bicyclic) bond motifs is 1. The summed E-state index contributed by atoms with van der Waals surface area (Å²) < 4.78 is 5.48. The van der Waals surface area contributed by atoms with Crippen molar-refractivity contribution >= 4 is 0 Å². The highest BCUT2D eigenvalue weighted by Gasteiger charge is 2.53. The van der Waals surface area contributed by atoms with Gasteiger partial charge in [0.2, 0.25) is 0 Å². The van der Waals surface area contributed by atoms with Crippen LogP contribution in [0.2, 0.25) is 0 Å². The number of ether oxygens (including phenoxy) is 1. The summed E-state index contributed by atoms with van der Waals surface area (Å²) in [7, 11) is 1.85. The molecule has 0 aromatic rings. The van der Waals surface area contributed by atoms with E-state index < -0.39 is 0 Å². The Morgan fingerprint density at radius 1 is 1.31 bits per heavy atom. The number of nitrogens with one attached hydrogen (secondary N) is 1. The Labute approximate surface area is 99.1 Å². The molecule has 3 aliphatic carbocycles. The predicted octanol–water partition coefficient (Wildman–Crippen LogP) is 2.58. The Hall–Kier alpha value is -0.0800. The summed E-state index contributed by atoms with van der Waals surface area (Å²) in [6, 6.07) is 0.853. The smallest absolute Gasteiger partial charge is 0.0549 e. The van der Waals surface area contributed by atoms with Gasteiger partial charge in [0.05, 0.1) is 6.10 Å². The number of rotatable bonds is 6. The lowest BCUT2D eigenvalue weighted by atomic mass is 9.78. The third-order valence-corrected chi connectivity index (χ3v) is 4.93. The number of hydrogen-bond acceptors (Lipinski definition) is 2. The van der Waals surface area contributed by atoms with E-state index in [9.17, 15) is 0 Å². The fourth-order valence-electron chi connectivity index (χ4n) is 3.73. The van der Waals surface area contributed by atoms with Crippen LogP contribution in [-0.4, -0.2) is 25.8 Å². The molecule has 0 radical (unpaired) electrons. The van der Waals surface area contributed by atoms with Crippen LogP contribution < -0.4 is 5.32 Å². The van der Waals surface area contributed by atoms with Crippen LogP contribution in [0.25, 0.3) is 0 Å². The normalized spacial score (nSPS) is 43.1. The van der Waals surface area contributed by atoms with Gasteiger partial charge in [-0.25, -0.2) is 0 Å². The lowest BCUT2D eigenvalue weighted by molar-refractivity contribution is 0.0598. The molecule has 3 aliphatic rings. The van der Waals surface area contributed by atoms with E-state index >= 15 is 0 Å². The Bertz CT molecular complexity index is 251. The van der Waals surface area contributed by atoms with Crippen molar-refractivity contribution in [2.24, 2.45) is 17.3 Å². The fraction of sp³-hybridized carbons (Fsp3) is 1.00. The summed E-state index contributed by atoms with van der Waals surface area (Å²) in [5, 5.41) is 3.75. The van der Waals surface area contributed by atoms with E-state index in [-0.39, 0.29) is 0 Å². The zero-order valence-corrected chi connectivity index (χ0v) is 10.7. The van der Waals surface area contributed by atoms with Gasteiger partial charge in [-0.3, -0.25) is 0 Å². The lowest BCUT2D eigenvalue weighted by Crippen LogP contribution is -2.37. The zero-order chi connectivity index (χ0) is 11.2. The topological polar surface area (TPSA) is 21.3 Å². The molecule has 16 heavy (non-hydrogen) atoms. The van der Waals surface area contributed by atoms with Gasteiger partial charge in [0.15, 0.2) is 0 Å². The van der Waals surface area contributed by atoms with Gasteiger partial charge in [-0.2, -0.15) is 0 Å². The molecule has 1 N–H and O–H groups in total. The SMILES string of the molecule is COC(C)CC1(CNC2CC2)CC2CC2C1. The van der Waals surface area contributed by atoms with E-state index in [1.54, 1.807) is 0 Å². The minimum atomic E-state index is 0.429. The van der Waals surface area contributed by atoms with Crippen LogP contribution in [0.1, 0.15) is 45.4 Å². The Morgan fingerprint density at radius 3 is 2.56 bits per heavy atom. The van der Waals surface area contributed by atoms with Crippen LogP contribution in [0.5, 0.6) is 0 Å². The van der Waals surface area contributed by atoms with Gasteiger partial charge >= 0.3 is 0 Å². The average molecular weight is 223 g/mol. The molecule has 0 spiro atoms. The van der Waals surface area contributed by atoms with Crippen molar-refractivity contribution in [3.05, 3.63) is 0 Å². The molecule has 2 nitrogen and oxygen atoms in total. The molecule has 3 saturated carbocycles. The van der Waals surface area contributed by atoms with E-state index in [4.69, 9.17) is 4.74 Å². The van der Waals surface area contributed by atoms with Crippen molar-refractivity contribution < 1.29 is 4.74 Å². The quantitative estimate of drug-likeness (QED) is 0.747. The first-order valence-corrected chi connectivity index (χ1v) is 6.97. The lowest BCUT2D eigenvalue weighted by Gasteiger charge is -2.33. The Balaban J connectivity index is 1.57. The first-order valence-electron chi connectivity index (χ1n) is 6.97. The molecule has 0 aliphatic heterocycles. The summed E-state index contributed by atoms with van der Waals surface area (Å²) in [5.41, 5.74) is 0.575. The third-order valence-electron chi connectivity index (χ3n) is 4.93. The molecule has 0 heterocycles. The molecule has 2 heteroatoms. The summed E-state index contributed by atoms with van der Waals surface area (Å²) in [6.45, 7) is 3.47. The standard InChI is InChI=1S/C14H25NO/c1-10(16-2)6-14(9-15-13-3-4-13)7-11-5-12(11)8-14/h10-13,15H,3-9H2,1-2H3. The van der Waals surface area contributed by atoms with E-state index in [2.05, 4.69) is 12.2 Å². The highest BCUT2D eigenvalue weighted by molar-refractivity contribution is 5.05. The van der Waals surface area contributed by atoms with Gasteiger partial charge in [0.25, 0.3) is 0 Å². The zero-order valence-electron chi connectivity index (χ0n) is 10.7. The summed E-state index contributed by atoms with van der Waals surface area (Å²) in [6.07, 6.45) is 8.95.